The van der Waals surface area contributed by atoms with Crippen LogP contribution in [-0.4, -0.2) is 22.8 Å². The molecule has 0 aliphatic carbocycles. The van der Waals surface area contributed by atoms with Gasteiger partial charge in [-0.2, -0.15) is 4.39 Å². The van der Waals surface area contributed by atoms with E-state index in [9.17, 15) is 24.1 Å². The average Bonchev–Trinajstić information content (AvgIpc) is 2.30. The summed E-state index contributed by atoms with van der Waals surface area (Å²) < 4.78 is 13.1. The lowest BCUT2D eigenvalue weighted by Gasteiger charge is -2.12. The van der Waals surface area contributed by atoms with Gasteiger partial charge in [0.2, 0.25) is 17.6 Å². The Hall–Kier alpha value is -2.51. The van der Waals surface area contributed by atoms with Crippen LogP contribution >= 0.6 is 0 Å². The Bertz CT molecular complexity index is 533. The highest BCUT2D eigenvalue weighted by Gasteiger charge is 2.17. The van der Waals surface area contributed by atoms with Crippen LogP contribution in [0.1, 0.15) is 13.8 Å². The van der Waals surface area contributed by atoms with Gasteiger partial charge in [0, 0.05) is 18.7 Å². The molecule has 8 heteroatoms. The minimum atomic E-state index is -0.988. The maximum Gasteiger partial charge on any atom is 0.306 e. The maximum atomic E-state index is 13.1. The van der Waals surface area contributed by atoms with Crippen molar-refractivity contribution in [2.75, 3.05) is 5.32 Å². The summed E-state index contributed by atoms with van der Waals surface area (Å²) in [4.78, 5) is 32.0. The van der Waals surface area contributed by atoms with E-state index in [2.05, 4.69) is 10.6 Å². The zero-order valence-corrected chi connectivity index (χ0v) is 10.3. The van der Waals surface area contributed by atoms with E-state index in [1.165, 1.54) is 19.9 Å². The second kappa shape index (κ2) is 5.89. The van der Waals surface area contributed by atoms with Gasteiger partial charge < -0.3 is 10.6 Å². The number of hydrogen-bond acceptors (Lipinski definition) is 4. The van der Waals surface area contributed by atoms with Crippen LogP contribution in [0.4, 0.5) is 15.8 Å². The Labute approximate surface area is 107 Å². The summed E-state index contributed by atoms with van der Waals surface area (Å²) in [6.07, 6.45) is 0. The van der Waals surface area contributed by atoms with E-state index in [1.807, 2.05) is 0 Å². The third-order valence-electron chi connectivity index (χ3n) is 2.22. The molecular weight excluding hydrogens is 257 g/mol. The van der Waals surface area contributed by atoms with Gasteiger partial charge in [0.05, 0.1) is 4.92 Å². The lowest BCUT2D eigenvalue weighted by molar-refractivity contribution is -0.387. The fourth-order valence-electron chi connectivity index (χ4n) is 1.35. The number of nitrogens with one attached hydrogen (secondary N) is 2. The first-order valence-electron chi connectivity index (χ1n) is 5.33. The monoisotopic (exact) mass is 269 g/mol. The van der Waals surface area contributed by atoms with Gasteiger partial charge in [-0.1, -0.05) is 0 Å². The summed E-state index contributed by atoms with van der Waals surface area (Å²) in [7, 11) is 0. The minimum Gasteiger partial charge on any atom is -0.345 e. The molecule has 0 spiro atoms. The fourth-order valence-corrected chi connectivity index (χ4v) is 1.35. The number of benzene rings is 1. The number of nitro benzene ring substituents is 1. The van der Waals surface area contributed by atoms with E-state index in [4.69, 9.17) is 0 Å². The fraction of sp³-hybridized carbons (Fsp3) is 0.273. The second-order valence-electron chi connectivity index (χ2n) is 3.83. The third-order valence-corrected chi connectivity index (χ3v) is 2.22. The van der Waals surface area contributed by atoms with Crippen molar-refractivity contribution in [3.8, 4) is 0 Å². The van der Waals surface area contributed by atoms with Crippen LogP contribution in [0.5, 0.6) is 0 Å². The first-order valence-corrected chi connectivity index (χ1v) is 5.33. The standard InChI is InChI=1S/C11H12FN3O4/c1-6(13-7(2)16)11(17)14-8-3-4-9(12)10(5-8)15(18)19/h3-6H,1-2H3,(H,13,16)(H,14,17). The maximum absolute atomic E-state index is 13.1. The van der Waals surface area contributed by atoms with Crippen LogP contribution in [0, 0.1) is 15.9 Å². The van der Waals surface area contributed by atoms with Crippen molar-refractivity contribution in [1.82, 2.24) is 5.32 Å². The lowest BCUT2D eigenvalue weighted by atomic mass is 10.2. The van der Waals surface area contributed by atoms with Gasteiger partial charge in [0.25, 0.3) is 0 Å². The van der Waals surface area contributed by atoms with Crippen molar-refractivity contribution in [1.29, 1.82) is 0 Å². The van der Waals surface area contributed by atoms with Gasteiger partial charge in [0.1, 0.15) is 6.04 Å². The molecule has 0 fully saturated rings. The molecule has 19 heavy (non-hydrogen) atoms. The molecule has 0 radical (unpaired) electrons. The van der Waals surface area contributed by atoms with E-state index < -0.39 is 28.4 Å². The molecule has 1 atom stereocenters. The van der Waals surface area contributed by atoms with Crippen LogP contribution in [-0.2, 0) is 9.59 Å². The Morgan fingerprint density at radius 2 is 2.05 bits per heavy atom. The molecule has 0 saturated carbocycles. The SMILES string of the molecule is CC(=O)NC(C)C(=O)Nc1ccc(F)c([N+](=O)[O-])c1. The lowest BCUT2D eigenvalue weighted by Crippen LogP contribution is -2.40. The van der Waals surface area contributed by atoms with Gasteiger partial charge in [-0.25, -0.2) is 0 Å². The number of hydrogen-bond donors (Lipinski definition) is 2. The van der Waals surface area contributed by atoms with Crippen LogP contribution in [0.3, 0.4) is 0 Å². The molecule has 0 saturated heterocycles. The van der Waals surface area contributed by atoms with E-state index in [-0.39, 0.29) is 11.6 Å². The highest BCUT2D eigenvalue weighted by Crippen LogP contribution is 2.21. The molecule has 2 amide bonds. The van der Waals surface area contributed by atoms with Crippen molar-refractivity contribution in [3.05, 3.63) is 34.1 Å². The first kappa shape index (κ1) is 14.6. The summed E-state index contributed by atoms with van der Waals surface area (Å²) in [6.45, 7) is 2.71. The largest absolute Gasteiger partial charge is 0.345 e. The van der Waals surface area contributed by atoms with Crippen molar-refractivity contribution < 1.29 is 18.9 Å². The molecular formula is C11H12FN3O4. The van der Waals surface area contributed by atoms with E-state index in [0.29, 0.717) is 0 Å². The number of nitro groups is 1. The van der Waals surface area contributed by atoms with E-state index in [1.54, 1.807) is 0 Å². The van der Waals surface area contributed by atoms with Crippen LogP contribution in [0.2, 0.25) is 0 Å². The topological polar surface area (TPSA) is 101 Å². The summed E-state index contributed by atoms with van der Waals surface area (Å²) in [5.41, 5.74) is -0.653. The summed E-state index contributed by atoms with van der Waals surface area (Å²) >= 11 is 0. The van der Waals surface area contributed by atoms with Crippen LogP contribution in [0.25, 0.3) is 0 Å². The Morgan fingerprint density at radius 1 is 1.42 bits per heavy atom. The zero-order chi connectivity index (χ0) is 14.6. The van der Waals surface area contributed by atoms with Crippen molar-refractivity contribution in [2.24, 2.45) is 0 Å². The van der Waals surface area contributed by atoms with Gasteiger partial charge in [-0.05, 0) is 19.1 Å². The van der Waals surface area contributed by atoms with Crippen LogP contribution in [0.15, 0.2) is 18.2 Å². The number of carbonyl (C=O) groups excluding carboxylic acids is 2. The van der Waals surface area contributed by atoms with Crippen LogP contribution < -0.4 is 10.6 Å². The molecule has 7 nitrogen and oxygen atoms in total. The summed E-state index contributed by atoms with van der Waals surface area (Å²) in [5.74, 6) is -1.93. The van der Waals surface area contributed by atoms with Gasteiger partial charge in [0.15, 0.2) is 0 Å². The smallest absolute Gasteiger partial charge is 0.306 e. The normalized spacial score (nSPS) is 11.5. The van der Waals surface area contributed by atoms with Gasteiger partial charge in [-0.3, -0.25) is 19.7 Å². The van der Waals surface area contributed by atoms with Crippen molar-refractivity contribution in [3.63, 3.8) is 0 Å². The van der Waals surface area contributed by atoms with Gasteiger partial charge >= 0.3 is 5.69 Å². The molecule has 0 aliphatic heterocycles. The van der Waals surface area contributed by atoms with Gasteiger partial charge in [-0.15, -0.1) is 0 Å². The first-order chi connectivity index (χ1) is 8.81. The Morgan fingerprint density at radius 3 is 2.58 bits per heavy atom. The number of nitrogens with zero attached hydrogens (tertiary/aromatic N) is 1. The molecule has 2 N–H and O–H groups in total. The molecule has 1 rings (SSSR count). The van der Waals surface area contributed by atoms with E-state index in [0.717, 1.165) is 12.1 Å². The number of rotatable bonds is 4. The second-order valence-corrected chi connectivity index (χ2v) is 3.83. The molecule has 0 aliphatic rings. The molecule has 1 aromatic carbocycles. The quantitative estimate of drug-likeness (QED) is 0.633. The molecule has 1 aromatic rings. The van der Waals surface area contributed by atoms with Crippen molar-refractivity contribution in [2.45, 2.75) is 19.9 Å². The Kier molecular flexibility index (Phi) is 4.51. The highest BCUT2D eigenvalue weighted by atomic mass is 19.1. The van der Waals surface area contributed by atoms with E-state index >= 15 is 0 Å². The molecule has 0 heterocycles. The minimum absolute atomic E-state index is 0.0790. The number of carbonyl (C=O) groups is 2. The molecule has 0 aromatic heterocycles. The summed E-state index contributed by atoms with van der Waals surface area (Å²) in [6, 6.07) is 2.19. The Balaban J connectivity index is 2.83. The average molecular weight is 269 g/mol. The number of amides is 2. The predicted molar refractivity (Wildman–Crippen MR) is 65.0 cm³/mol. The third kappa shape index (κ3) is 4.02. The highest BCUT2D eigenvalue weighted by molar-refractivity contribution is 5.96. The number of anilines is 1. The zero-order valence-electron chi connectivity index (χ0n) is 10.3. The molecule has 0 bridgehead atoms. The molecule has 1 unspecified atom stereocenters. The molecule has 102 valence electrons. The van der Waals surface area contributed by atoms with Crippen molar-refractivity contribution >= 4 is 23.2 Å². The summed E-state index contributed by atoms with van der Waals surface area (Å²) in [5, 5.41) is 15.2. The predicted octanol–water partition coefficient (Wildman–Crippen LogP) is 1.20. The number of halogens is 1.